The Balaban J connectivity index is 1.98. The van der Waals surface area contributed by atoms with E-state index < -0.39 is 29.3 Å². The molecule has 130 valence electrons. The molecular weight excluding hydrogens is 370 g/mol. The highest BCUT2D eigenvalue weighted by atomic mass is 35.5. The Bertz CT molecular complexity index is 883. The normalized spacial score (nSPS) is 21.7. The summed E-state index contributed by atoms with van der Waals surface area (Å²) in [4.78, 5) is 22.8. The summed E-state index contributed by atoms with van der Waals surface area (Å²) in [6.07, 6.45) is -0.675. The minimum Gasteiger partial charge on any atom is -0.480 e. The molecule has 0 aromatic heterocycles. The topological polar surface area (TPSA) is 63.6 Å². The molecule has 1 fully saturated rings. The fraction of sp³-hybridized carbons (Fsp3) is 0.222. The standard InChI is InChI=1S/C18H13Cl2FO4/c1-9(22)25-16-8-18(16,17(23)24)11-3-4-12(15(21)7-11)10-2-5-13(19)14(20)6-10/h2-7,16H,8H2,1H3,(H,23,24). The van der Waals surface area contributed by atoms with Gasteiger partial charge in [0.2, 0.25) is 0 Å². The average molecular weight is 383 g/mol. The van der Waals surface area contributed by atoms with E-state index in [-0.39, 0.29) is 17.5 Å². The number of hydrogen-bond acceptors (Lipinski definition) is 3. The van der Waals surface area contributed by atoms with Crippen molar-refractivity contribution in [2.45, 2.75) is 24.9 Å². The van der Waals surface area contributed by atoms with Crippen molar-refractivity contribution < 1.29 is 23.8 Å². The molecule has 1 N–H and O–H groups in total. The first kappa shape index (κ1) is 17.7. The molecule has 2 atom stereocenters. The zero-order valence-corrected chi connectivity index (χ0v) is 14.6. The maximum Gasteiger partial charge on any atom is 0.318 e. The van der Waals surface area contributed by atoms with Gasteiger partial charge in [0, 0.05) is 18.9 Å². The lowest BCUT2D eigenvalue weighted by molar-refractivity contribution is -0.146. The summed E-state index contributed by atoms with van der Waals surface area (Å²) in [5.74, 6) is -2.31. The first-order valence-electron chi connectivity index (χ1n) is 7.42. The van der Waals surface area contributed by atoms with Crippen molar-refractivity contribution in [2.75, 3.05) is 0 Å². The number of esters is 1. The van der Waals surface area contributed by atoms with Gasteiger partial charge >= 0.3 is 11.9 Å². The minimum absolute atomic E-state index is 0.119. The van der Waals surface area contributed by atoms with E-state index in [1.807, 2.05) is 0 Å². The van der Waals surface area contributed by atoms with Gasteiger partial charge < -0.3 is 9.84 Å². The van der Waals surface area contributed by atoms with Gasteiger partial charge in [0.25, 0.3) is 0 Å². The predicted molar refractivity (Wildman–Crippen MR) is 91.3 cm³/mol. The Kier molecular flexibility index (Phi) is 4.47. The summed E-state index contributed by atoms with van der Waals surface area (Å²) in [5.41, 5.74) is -0.349. The van der Waals surface area contributed by atoms with Gasteiger partial charge in [0.15, 0.2) is 0 Å². The number of rotatable bonds is 4. The number of ether oxygens (including phenoxy) is 1. The Morgan fingerprint density at radius 1 is 1.20 bits per heavy atom. The van der Waals surface area contributed by atoms with Crippen molar-refractivity contribution in [1.29, 1.82) is 0 Å². The summed E-state index contributed by atoms with van der Waals surface area (Å²) in [5, 5.41) is 10.2. The third-order valence-electron chi connectivity index (χ3n) is 4.30. The summed E-state index contributed by atoms with van der Waals surface area (Å²) < 4.78 is 19.6. The number of carboxylic acids is 1. The average Bonchev–Trinajstić information content (AvgIpc) is 3.24. The van der Waals surface area contributed by atoms with Crippen LogP contribution in [-0.2, 0) is 19.7 Å². The molecule has 0 aliphatic heterocycles. The molecule has 1 saturated carbocycles. The first-order valence-corrected chi connectivity index (χ1v) is 8.17. The van der Waals surface area contributed by atoms with Crippen LogP contribution in [0.25, 0.3) is 11.1 Å². The smallest absolute Gasteiger partial charge is 0.318 e. The molecule has 0 heterocycles. The zero-order chi connectivity index (χ0) is 18.4. The van der Waals surface area contributed by atoms with E-state index in [0.717, 1.165) is 6.07 Å². The van der Waals surface area contributed by atoms with Gasteiger partial charge in [-0.15, -0.1) is 0 Å². The van der Waals surface area contributed by atoms with Gasteiger partial charge in [0.1, 0.15) is 17.3 Å². The number of carboxylic acid groups (broad SMARTS) is 1. The first-order chi connectivity index (χ1) is 11.8. The van der Waals surface area contributed by atoms with Crippen LogP contribution in [-0.4, -0.2) is 23.1 Å². The van der Waals surface area contributed by atoms with Gasteiger partial charge in [-0.25, -0.2) is 4.39 Å². The molecule has 0 radical (unpaired) electrons. The van der Waals surface area contributed by atoms with Crippen molar-refractivity contribution >= 4 is 35.1 Å². The lowest BCUT2D eigenvalue weighted by Crippen LogP contribution is -2.26. The van der Waals surface area contributed by atoms with Crippen molar-refractivity contribution in [3.05, 3.63) is 57.8 Å². The van der Waals surface area contributed by atoms with Gasteiger partial charge in [-0.05, 0) is 29.3 Å². The van der Waals surface area contributed by atoms with Gasteiger partial charge in [0.05, 0.1) is 10.0 Å². The van der Waals surface area contributed by atoms with Crippen LogP contribution in [0.5, 0.6) is 0 Å². The molecule has 1 aliphatic carbocycles. The number of aliphatic carboxylic acids is 1. The Hall–Kier alpha value is -2.11. The summed E-state index contributed by atoms with van der Waals surface area (Å²) in [6, 6.07) is 8.89. The number of halogens is 3. The predicted octanol–water partition coefficient (Wildman–Crippen LogP) is 4.46. The zero-order valence-electron chi connectivity index (χ0n) is 13.1. The number of hydrogen-bond donors (Lipinski definition) is 1. The van der Waals surface area contributed by atoms with Crippen molar-refractivity contribution in [3.63, 3.8) is 0 Å². The molecule has 2 aromatic rings. The van der Waals surface area contributed by atoms with Crippen molar-refractivity contribution in [2.24, 2.45) is 0 Å². The quantitative estimate of drug-likeness (QED) is 0.792. The minimum atomic E-state index is -1.40. The van der Waals surface area contributed by atoms with Crippen LogP contribution in [0.2, 0.25) is 10.0 Å². The van der Waals surface area contributed by atoms with E-state index in [1.165, 1.54) is 25.1 Å². The molecule has 0 spiro atoms. The monoisotopic (exact) mass is 382 g/mol. The SMILES string of the molecule is CC(=O)OC1CC1(C(=O)O)c1ccc(-c2ccc(Cl)c(Cl)c2)c(F)c1. The maximum absolute atomic E-state index is 14.6. The molecule has 2 unspecified atom stereocenters. The number of benzene rings is 2. The lowest BCUT2D eigenvalue weighted by Gasteiger charge is -2.14. The van der Waals surface area contributed by atoms with E-state index in [2.05, 4.69) is 0 Å². The number of carbonyl (C=O) groups is 2. The molecular formula is C18H13Cl2FO4. The van der Waals surface area contributed by atoms with Gasteiger partial charge in [-0.2, -0.15) is 0 Å². The second kappa shape index (κ2) is 6.32. The maximum atomic E-state index is 14.6. The van der Waals surface area contributed by atoms with Gasteiger partial charge in [-0.1, -0.05) is 41.4 Å². The molecule has 1 aliphatic rings. The fourth-order valence-corrected chi connectivity index (χ4v) is 3.22. The largest absolute Gasteiger partial charge is 0.480 e. The van der Waals surface area contributed by atoms with E-state index >= 15 is 0 Å². The molecule has 0 saturated heterocycles. The summed E-state index contributed by atoms with van der Waals surface area (Å²) >= 11 is 11.8. The van der Waals surface area contributed by atoms with Crippen LogP contribution in [0.4, 0.5) is 4.39 Å². The van der Waals surface area contributed by atoms with Crippen LogP contribution in [0.3, 0.4) is 0 Å². The van der Waals surface area contributed by atoms with Crippen LogP contribution < -0.4 is 0 Å². The van der Waals surface area contributed by atoms with Crippen molar-refractivity contribution in [1.82, 2.24) is 0 Å². The molecule has 2 aromatic carbocycles. The molecule has 0 bridgehead atoms. The second-order valence-corrected chi connectivity index (χ2v) is 6.72. The highest BCUT2D eigenvalue weighted by molar-refractivity contribution is 6.42. The Labute approximate surface area is 153 Å². The highest BCUT2D eigenvalue weighted by Crippen LogP contribution is 2.51. The summed E-state index contributed by atoms with van der Waals surface area (Å²) in [6.45, 7) is 1.21. The number of carbonyl (C=O) groups excluding carboxylic acids is 1. The van der Waals surface area contributed by atoms with Crippen LogP contribution in [0, 0.1) is 5.82 Å². The molecule has 7 heteroatoms. The van der Waals surface area contributed by atoms with Gasteiger partial charge in [-0.3, -0.25) is 9.59 Å². The van der Waals surface area contributed by atoms with Crippen LogP contribution in [0.15, 0.2) is 36.4 Å². The van der Waals surface area contributed by atoms with E-state index in [1.54, 1.807) is 12.1 Å². The molecule has 3 rings (SSSR count). The van der Waals surface area contributed by atoms with Crippen LogP contribution in [0.1, 0.15) is 18.9 Å². The Morgan fingerprint density at radius 2 is 1.92 bits per heavy atom. The molecule has 4 nitrogen and oxygen atoms in total. The molecule has 25 heavy (non-hydrogen) atoms. The van der Waals surface area contributed by atoms with E-state index in [9.17, 15) is 19.1 Å². The fourth-order valence-electron chi connectivity index (χ4n) is 2.92. The Morgan fingerprint density at radius 3 is 2.48 bits per heavy atom. The second-order valence-electron chi connectivity index (χ2n) is 5.90. The highest BCUT2D eigenvalue weighted by Gasteiger charge is 2.64. The van der Waals surface area contributed by atoms with Crippen molar-refractivity contribution in [3.8, 4) is 11.1 Å². The molecule has 0 amide bonds. The van der Waals surface area contributed by atoms with E-state index in [4.69, 9.17) is 27.9 Å². The third kappa shape index (κ3) is 3.10. The van der Waals surface area contributed by atoms with E-state index in [0.29, 0.717) is 15.6 Å². The lowest BCUT2D eigenvalue weighted by atomic mass is 9.93. The third-order valence-corrected chi connectivity index (χ3v) is 5.04. The van der Waals surface area contributed by atoms with Crippen LogP contribution >= 0.6 is 23.2 Å². The summed E-state index contributed by atoms with van der Waals surface area (Å²) in [7, 11) is 0.